The van der Waals surface area contributed by atoms with Crippen molar-refractivity contribution in [3.05, 3.63) is 23.3 Å². The first-order valence-electron chi connectivity index (χ1n) is 6.54. The summed E-state index contributed by atoms with van der Waals surface area (Å²) in [5.41, 5.74) is 0.0172. The van der Waals surface area contributed by atoms with E-state index in [-0.39, 0.29) is 29.6 Å². The quantitative estimate of drug-likeness (QED) is 0.801. The van der Waals surface area contributed by atoms with Crippen LogP contribution in [0, 0.1) is 17.6 Å². The fourth-order valence-electron chi connectivity index (χ4n) is 3.14. The molecule has 0 saturated carbocycles. The number of halogens is 2. The van der Waals surface area contributed by atoms with Crippen molar-refractivity contribution in [2.75, 3.05) is 11.5 Å². The van der Waals surface area contributed by atoms with E-state index >= 15 is 0 Å². The van der Waals surface area contributed by atoms with Crippen molar-refractivity contribution in [3.8, 4) is 5.75 Å². The Labute approximate surface area is 119 Å². The minimum atomic E-state index is -1.31. The van der Waals surface area contributed by atoms with Gasteiger partial charge < -0.3 is 14.7 Å². The van der Waals surface area contributed by atoms with Crippen LogP contribution < -0.4 is 9.64 Å². The van der Waals surface area contributed by atoms with Gasteiger partial charge in [-0.15, -0.1) is 0 Å². The van der Waals surface area contributed by atoms with E-state index in [9.17, 15) is 23.5 Å². The molecule has 0 aliphatic carbocycles. The Hall–Kier alpha value is -2.18. The molecule has 2 aliphatic heterocycles. The standard InChI is InChI=1S/C14H13F2NO4/c1-5-4-21-13-10(16)8(15)3-7-11(13)17(5)6(2)9(12(7)18)14(19)20/h3,5-6,9H,4H2,1-2H3,(H,19,20). The minimum Gasteiger partial charge on any atom is -0.486 e. The number of carbonyl (C=O) groups is 2. The summed E-state index contributed by atoms with van der Waals surface area (Å²) in [6.45, 7) is 3.46. The number of rotatable bonds is 1. The van der Waals surface area contributed by atoms with Crippen LogP contribution in [0.5, 0.6) is 5.75 Å². The molecule has 0 spiro atoms. The highest BCUT2D eigenvalue weighted by molar-refractivity contribution is 6.14. The molecule has 0 radical (unpaired) electrons. The van der Waals surface area contributed by atoms with Gasteiger partial charge in [0, 0.05) is 11.6 Å². The molecule has 3 atom stereocenters. The first kappa shape index (κ1) is 13.8. The van der Waals surface area contributed by atoms with Gasteiger partial charge in [0.05, 0.1) is 11.7 Å². The lowest BCUT2D eigenvalue weighted by molar-refractivity contribution is -0.140. The number of anilines is 1. The number of hydrogen-bond donors (Lipinski definition) is 1. The molecule has 0 fully saturated rings. The molecule has 1 aromatic rings. The number of ether oxygens (including phenoxy) is 1. The van der Waals surface area contributed by atoms with E-state index in [1.54, 1.807) is 18.7 Å². The van der Waals surface area contributed by atoms with E-state index in [4.69, 9.17) is 4.74 Å². The Kier molecular flexibility index (Phi) is 2.89. The molecular formula is C14H13F2NO4. The maximum Gasteiger partial charge on any atom is 0.316 e. The maximum atomic E-state index is 13.9. The summed E-state index contributed by atoms with van der Waals surface area (Å²) < 4.78 is 32.7. The molecule has 112 valence electrons. The summed E-state index contributed by atoms with van der Waals surface area (Å²) in [6.07, 6.45) is 0. The average Bonchev–Trinajstić information content (AvgIpc) is 2.40. The molecule has 0 amide bonds. The van der Waals surface area contributed by atoms with E-state index in [1.807, 2.05) is 0 Å². The summed E-state index contributed by atoms with van der Waals surface area (Å²) >= 11 is 0. The Morgan fingerprint density at radius 3 is 2.71 bits per heavy atom. The maximum absolute atomic E-state index is 13.9. The van der Waals surface area contributed by atoms with Crippen molar-refractivity contribution < 1.29 is 28.2 Å². The van der Waals surface area contributed by atoms with Crippen LogP contribution in [0.4, 0.5) is 14.5 Å². The third kappa shape index (κ3) is 1.73. The summed E-state index contributed by atoms with van der Waals surface area (Å²) in [5, 5.41) is 9.27. The van der Waals surface area contributed by atoms with Crippen LogP contribution in [-0.4, -0.2) is 35.5 Å². The number of carbonyl (C=O) groups excluding carboxylic acids is 1. The van der Waals surface area contributed by atoms with E-state index in [0.29, 0.717) is 0 Å². The van der Waals surface area contributed by atoms with E-state index in [2.05, 4.69) is 0 Å². The van der Waals surface area contributed by atoms with Crippen molar-refractivity contribution in [2.24, 2.45) is 5.92 Å². The predicted molar refractivity (Wildman–Crippen MR) is 68.7 cm³/mol. The summed E-state index contributed by atoms with van der Waals surface area (Å²) in [5.74, 6) is -5.99. The molecular weight excluding hydrogens is 284 g/mol. The Balaban J connectivity index is 2.31. The van der Waals surface area contributed by atoms with Crippen molar-refractivity contribution in [1.82, 2.24) is 0 Å². The monoisotopic (exact) mass is 297 g/mol. The fraction of sp³-hybridized carbons (Fsp3) is 0.429. The molecule has 2 heterocycles. The van der Waals surface area contributed by atoms with Crippen molar-refractivity contribution >= 4 is 17.4 Å². The lowest BCUT2D eigenvalue weighted by Gasteiger charge is -2.46. The molecule has 3 unspecified atom stereocenters. The highest BCUT2D eigenvalue weighted by Gasteiger charge is 2.47. The van der Waals surface area contributed by atoms with Crippen LogP contribution in [0.25, 0.3) is 0 Å². The largest absolute Gasteiger partial charge is 0.486 e. The summed E-state index contributed by atoms with van der Waals surface area (Å²) in [6, 6.07) is -0.150. The second kappa shape index (κ2) is 4.41. The van der Waals surface area contributed by atoms with Crippen LogP contribution in [0.3, 0.4) is 0 Å². The van der Waals surface area contributed by atoms with Crippen molar-refractivity contribution in [2.45, 2.75) is 25.9 Å². The van der Waals surface area contributed by atoms with Crippen LogP contribution in [0.1, 0.15) is 24.2 Å². The number of benzene rings is 1. The topological polar surface area (TPSA) is 66.8 Å². The molecule has 7 heteroatoms. The Morgan fingerprint density at radius 2 is 2.10 bits per heavy atom. The third-order valence-electron chi connectivity index (χ3n) is 4.09. The van der Waals surface area contributed by atoms with Gasteiger partial charge in [-0.3, -0.25) is 9.59 Å². The van der Waals surface area contributed by atoms with Gasteiger partial charge in [-0.1, -0.05) is 0 Å². The van der Waals surface area contributed by atoms with Gasteiger partial charge in [0.15, 0.2) is 17.3 Å². The van der Waals surface area contributed by atoms with E-state index < -0.39 is 35.3 Å². The number of ketones is 1. The lowest BCUT2D eigenvalue weighted by atomic mass is 9.83. The molecule has 0 saturated heterocycles. The third-order valence-corrected chi connectivity index (χ3v) is 4.09. The van der Waals surface area contributed by atoms with Crippen molar-refractivity contribution in [1.29, 1.82) is 0 Å². The zero-order valence-corrected chi connectivity index (χ0v) is 11.4. The van der Waals surface area contributed by atoms with Gasteiger partial charge in [0.2, 0.25) is 5.82 Å². The average molecular weight is 297 g/mol. The minimum absolute atomic E-state index is 0.0949. The van der Waals surface area contributed by atoms with Gasteiger partial charge in [0.1, 0.15) is 12.5 Å². The van der Waals surface area contributed by atoms with Gasteiger partial charge in [-0.05, 0) is 19.9 Å². The number of hydrogen-bond acceptors (Lipinski definition) is 4. The zero-order chi connectivity index (χ0) is 15.5. The van der Waals surface area contributed by atoms with Gasteiger partial charge in [0.25, 0.3) is 0 Å². The first-order chi connectivity index (χ1) is 9.84. The number of carboxylic acids is 1. The van der Waals surface area contributed by atoms with E-state index in [0.717, 1.165) is 6.07 Å². The molecule has 5 nitrogen and oxygen atoms in total. The van der Waals surface area contributed by atoms with Crippen molar-refractivity contribution in [3.63, 3.8) is 0 Å². The zero-order valence-electron chi connectivity index (χ0n) is 11.4. The van der Waals surface area contributed by atoms with E-state index in [1.165, 1.54) is 0 Å². The molecule has 0 aromatic heterocycles. The van der Waals surface area contributed by atoms with Crippen LogP contribution in [0.2, 0.25) is 0 Å². The number of nitrogens with zero attached hydrogens (tertiary/aromatic N) is 1. The normalized spacial score (nSPS) is 27.1. The lowest BCUT2D eigenvalue weighted by Crippen LogP contribution is -2.56. The molecule has 2 aliphatic rings. The van der Waals surface area contributed by atoms with Crippen LogP contribution in [-0.2, 0) is 4.79 Å². The Bertz CT molecular complexity index is 661. The number of aliphatic carboxylic acids is 1. The second-order valence-corrected chi connectivity index (χ2v) is 5.39. The highest BCUT2D eigenvalue weighted by Crippen LogP contribution is 2.46. The molecule has 1 aromatic carbocycles. The molecule has 3 rings (SSSR count). The molecule has 1 N–H and O–H groups in total. The summed E-state index contributed by atoms with van der Waals surface area (Å²) in [4.78, 5) is 25.3. The second-order valence-electron chi connectivity index (χ2n) is 5.39. The number of Topliss-reactive ketones (excluding diaryl/α,β-unsaturated/α-hetero) is 1. The van der Waals surface area contributed by atoms with Gasteiger partial charge in [-0.2, -0.15) is 4.39 Å². The SMILES string of the molecule is CC1COc2c(F)c(F)cc3c2N1C(C)C(C(=O)O)C3=O. The molecule has 21 heavy (non-hydrogen) atoms. The van der Waals surface area contributed by atoms with Gasteiger partial charge in [-0.25, -0.2) is 4.39 Å². The Morgan fingerprint density at radius 1 is 1.43 bits per heavy atom. The first-order valence-corrected chi connectivity index (χ1v) is 6.54. The molecule has 0 bridgehead atoms. The smallest absolute Gasteiger partial charge is 0.316 e. The van der Waals surface area contributed by atoms with Gasteiger partial charge >= 0.3 is 5.97 Å². The fourth-order valence-corrected chi connectivity index (χ4v) is 3.14. The summed E-state index contributed by atoms with van der Waals surface area (Å²) in [7, 11) is 0. The predicted octanol–water partition coefficient (Wildman–Crippen LogP) is 1.84. The van der Waals surface area contributed by atoms with Crippen LogP contribution >= 0.6 is 0 Å². The highest BCUT2D eigenvalue weighted by atomic mass is 19.2. The number of carboxylic acid groups (broad SMARTS) is 1. The van der Waals surface area contributed by atoms with Crippen LogP contribution in [0.15, 0.2) is 6.07 Å².